The highest BCUT2D eigenvalue weighted by atomic mass is 14.9. The Labute approximate surface area is 194 Å². The van der Waals surface area contributed by atoms with Crippen LogP contribution in [0.2, 0.25) is 0 Å². The Kier molecular flexibility index (Phi) is 5.51. The van der Waals surface area contributed by atoms with E-state index in [1.165, 1.54) is 11.1 Å². The van der Waals surface area contributed by atoms with Crippen LogP contribution in [0.4, 0.5) is 5.69 Å². The number of hydrogen-bond donors (Lipinski definition) is 1. The van der Waals surface area contributed by atoms with E-state index in [1.54, 1.807) is 0 Å². The van der Waals surface area contributed by atoms with Gasteiger partial charge in [0.05, 0.1) is 34.1 Å². The molecule has 0 fully saturated rings. The van der Waals surface area contributed by atoms with E-state index in [4.69, 9.17) is 15.0 Å². The Balaban J connectivity index is 1.60. The summed E-state index contributed by atoms with van der Waals surface area (Å²) in [6.45, 7) is 8.86. The van der Waals surface area contributed by atoms with E-state index in [1.807, 2.05) is 42.6 Å². The van der Waals surface area contributed by atoms with E-state index < -0.39 is 0 Å². The number of imidazole rings is 1. The quantitative estimate of drug-likeness (QED) is 0.288. The smallest absolute Gasteiger partial charge is 0.140 e. The van der Waals surface area contributed by atoms with Gasteiger partial charge in [0, 0.05) is 10.9 Å². The fourth-order valence-electron chi connectivity index (χ4n) is 4.30. The maximum absolute atomic E-state index is 4.98. The molecule has 0 aliphatic heterocycles. The van der Waals surface area contributed by atoms with E-state index in [0.29, 0.717) is 11.8 Å². The van der Waals surface area contributed by atoms with Crippen LogP contribution in [-0.4, -0.2) is 21.2 Å². The minimum atomic E-state index is 0.403. The van der Waals surface area contributed by atoms with Crippen molar-refractivity contribution in [1.29, 1.82) is 0 Å². The first-order chi connectivity index (χ1) is 16.0. The summed E-state index contributed by atoms with van der Waals surface area (Å²) in [5.74, 6) is 1.64. The van der Waals surface area contributed by atoms with Gasteiger partial charge in [0.25, 0.3) is 0 Å². The highest BCUT2D eigenvalue weighted by molar-refractivity contribution is 5.95. The van der Waals surface area contributed by atoms with Crippen LogP contribution >= 0.6 is 0 Å². The molecule has 0 aliphatic carbocycles. The molecule has 0 unspecified atom stereocenters. The van der Waals surface area contributed by atoms with Crippen molar-refractivity contribution in [1.82, 2.24) is 15.0 Å². The third-order valence-corrected chi connectivity index (χ3v) is 6.05. The normalized spacial score (nSPS) is 12.1. The summed E-state index contributed by atoms with van der Waals surface area (Å²) >= 11 is 0. The minimum absolute atomic E-state index is 0.403. The second-order valence-electron chi connectivity index (χ2n) is 9.07. The zero-order chi connectivity index (χ0) is 22.9. The van der Waals surface area contributed by atoms with E-state index in [-0.39, 0.29) is 0 Å². The predicted octanol–water partition coefficient (Wildman–Crippen LogP) is 7.78. The number of aliphatic imine (C=N–C) groups is 1. The average molecular weight is 433 g/mol. The van der Waals surface area contributed by atoms with Gasteiger partial charge in [-0.25, -0.2) is 9.97 Å². The van der Waals surface area contributed by atoms with Gasteiger partial charge in [0.2, 0.25) is 0 Å². The average Bonchev–Trinajstić information content (AvgIpc) is 3.26. The second kappa shape index (κ2) is 8.62. The van der Waals surface area contributed by atoms with Crippen molar-refractivity contribution in [3.63, 3.8) is 0 Å². The Morgan fingerprint density at radius 1 is 0.758 bits per heavy atom. The predicted molar refractivity (Wildman–Crippen MR) is 139 cm³/mol. The first-order valence-corrected chi connectivity index (χ1v) is 11.5. The van der Waals surface area contributed by atoms with Gasteiger partial charge in [-0.1, -0.05) is 76.2 Å². The van der Waals surface area contributed by atoms with Crippen LogP contribution in [0.1, 0.15) is 56.4 Å². The first kappa shape index (κ1) is 21.1. The molecule has 2 aromatic heterocycles. The van der Waals surface area contributed by atoms with Crippen molar-refractivity contribution in [2.45, 2.75) is 39.5 Å². The van der Waals surface area contributed by atoms with Crippen LogP contribution in [0.25, 0.3) is 33.3 Å². The van der Waals surface area contributed by atoms with Crippen molar-refractivity contribution in [2.75, 3.05) is 0 Å². The number of hydrogen-bond acceptors (Lipinski definition) is 3. The van der Waals surface area contributed by atoms with Crippen LogP contribution in [0.3, 0.4) is 0 Å². The summed E-state index contributed by atoms with van der Waals surface area (Å²) in [6.07, 6.45) is 1.89. The molecule has 0 aliphatic rings. The summed E-state index contributed by atoms with van der Waals surface area (Å²) < 4.78 is 0. The molecule has 0 saturated carbocycles. The zero-order valence-corrected chi connectivity index (χ0v) is 19.5. The van der Waals surface area contributed by atoms with Gasteiger partial charge in [-0.15, -0.1) is 0 Å². The molecule has 164 valence electrons. The van der Waals surface area contributed by atoms with Gasteiger partial charge in [0.1, 0.15) is 5.82 Å². The number of fused-ring (bicyclic) bond motifs is 2. The summed E-state index contributed by atoms with van der Waals surface area (Å²) in [4.78, 5) is 18.2. The maximum Gasteiger partial charge on any atom is 0.140 e. The van der Waals surface area contributed by atoms with E-state index in [2.05, 4.69) is 69.1 Å². The molecule has 0 spiro atoms. The maximum atomic E-state index is 4.98. The molecule has 0 amide bonds. The van der Waals surface area contributed by atoms with Gasteiger partial charge >= 0.3 is 0 Å². The number of para-hydroxylation sites is 4. The largest absolute Gasteiger partial charge is 0.338 e. The molecule has 0 radical (unpaired) electrons. The Bertz CT molecular complexity index is 1410. The minimum Gasteiger partial charge on any atom is -0.338 e. The number of H-pyrrole nitrogens is 1. The summed E-state index contributed by atoms with van der Waals surface area (Å²) in [5, 5.41) is 1.08. The fourth-order valence-corrected chi connectivity index (χ4v) is 4.30. The lowest BCUT2D eigenvalue weighted by molar-refractivity contribution is 0.835. The molecule has 1 N–H and O–H groups in total. The lowest BCUT2D eigenvalue weighted by Gasteiger charge is -2.16. The van der Waals surface area contributed by atoms with E-state index in [0.717, 1.165) is 44.7 Å². The lowest BCUT2D eigenvalue weighted by Crippen LogP contribution is -1.96. The number of rotatable bonds is 5. The third-order valence-electron chi connectivity index (χ3n) is 6.05. The molecule has 4 heteroatoms. The molecular weight excluding hydrogens is 404 g/mol. The van der Waals surface area contributed by atoms with Crippen LogP contribution in [0, 0.1) is 0 Å². The first-order valence-electron chi connectivity index (χ1n) is 11.5. The van der Waals surface area contributed by atoms with Crippen molar-refractivity contribution in [2.24, 2.45) is 4.99 Å². The topological polar surface area (TPSA) is 53.9 Å². The second-order valence-corrected chi connectivity index (χ2v) is 9.07. The number of aromatic amines is 1. The molecule has 4 nitrogen and oxygen atoms in total. The molecule has 2 heterocycles. The fraction of sp³-hybridized carbons (Fsp3) is 0.207. The Morgan fingerprint density at radius 3 is 2.21 bits per heavy atom. The van der Waals surface area contributed by atoms with Gasteiger partial charge < -0.3 is 4.98 Å². The van der Waals surface area contributed by atoms with Crippen LogP contribution in [0.5, 0.6) is 0 Å². The molecule has 33 heavy (non-hydrogen) atoms. The van der Waals surface area contributed by atoms with Gasteiger partial charge in [-0.3, -0.25) is 4.99 Å². The Morgan fingerprint density at radius 2 is 1.48 bits per heavy atom. The standard InChI is InChI=1S/C29H28N4/c1-18(2)22-10-8-11-23(19(3)4)28(22)30-17-21-16-15-20-9-7-12-24(27(20)31-21)29-32-25-13-5-6-14-26(25)33-29/h5-19H,1-4H3,(H,32,33). The molecular formula is C29H28N4. The van der Waals surface area contributed by atoms with Gasteiger partial charge in [-0.2, -0.15) is 0 Å². The number of nitrogens with one attached hydrogen (secondary N) is 1. The highest BCUT2D eigenvalue weighted by Gasteiger charge is 2.13. The third kappa shape index (κ3) is 4.05. The number of benzene rings is 3. The van der Waals surface area contributed by atoms with E-state index >= 15 is 0 Å². The lowest BCUT2D eigenvalue weighted by atomic mass is 9.93. The highest BCUT2D eigenvalue weighted by Crippen LogP contribution is 2.34. The summed E-state index contributed by atoms with van der Waals surface area (Å²) in [7, 11) is 0. The summed E-state index contributed by atoms with van der Waals surface area (Å²) in [6, 6.07) is 24.9. The molecule has 0 bridgehead atoms. The molecule has 0 saturated heterocycles. The van der Waals surface area contributed by atoms with Crippen molar-refractivity contribution >= 4 is 33.8 Å². The summed E-state index contributed by atoms with van der Waals surface area (Å²) in [5.41, 5.74) is 8.31. The Hall–Kier alpha value is -3.79. The van der Waals surface area contributed by atoms with Crippen LogP contribution < -0.4 is 0 Å². The van der Waals surface area contributed by atoms with Crippen molar-refractivity contribution in [3.8, 4) is 11.4 Å². The number of aromatic nitrogens is 3. The van der Waals surface area contributed by atoms with Crippen molar-refractivity contribution < 1.29 is 0 Å². The zero-order valence-electron chi connectivity index (χ0n) is 19.5. The van der Waals surface area contributed by atoms with Crippen LogP contribution in [-0.2, 0) is 0 Å². The molecule has 5 aromatic rings. The van der Waals surface area contributed by atoms with Crippen LogP contribution in [0.15, 0.2) is 77.8 Å². The molecule has 0 atom stereocenters. The molecule has 3 aromatic carbocycles. The number of pyridine rings is 1. The monoisotopic (exact) mass is 432 g/mol. The van der Waals surface area contributed by atoms with E-state index in [9.17, 15) is 0 Å². The van der Waals surface area contributed by atoms with Gasteiger partial charge in [0.15, 0.2) is 0 Å². The SMILES string of the molecule is CC(C)c1cccc(C(C)C)c1N=Cc1ccc2cccc(-c3nc4ccccc4[nH]3)c2n1. The van der Waals surface area contributed by atoms with Gasteiger partial charge in [-0.05, 0) is 47.2 Å². The van der Waals surface area contributed by atoms with Crippen molar-refractivity contribution in [3.05, 3.63) is 89.6 Å². The molecule has 5 rings (SSSR count). The number of nitrogens with zero attached hydrogens (tertiary/aromatic N) is 3.